The van der Waals surface area contributed by atoms with Gasteiger partial charge in [0.2, 0.25) is 0 Å². The highest BCUT2D eigenvalue weighted by atomic mass is 16.4. The van der Waals surface area contributed by atoms with Crippen molar-refractivity contribution in [2.24, 2.45) is 0 Å². The molecule has 1 aliphatic heterocycles. The molecule has 2 atom stereocenters. The standard InChI is InChI=1S/C16H22N2O3/c1-12(13-7-4-3-5-8-13)11-17-15(21)18-10-6-9-16(18,2)14(19)20/h3-5,7-8,12H,6,9-11H2,1-2H3,(H,17,21)(H,19,20). The quantitative estimate of drug-likeness (QED) is 0.895. The molecule has 2 amide bonds. The first-order valence-corrected chi connectivity index (χ1v) is 7.29. The van der Waals surface area contributed by atoms with E-state index in [4.69, 9.17) is 0 Å². The molecule has 2 unspecified atom stereocenters. The number of likely N-dealkylation sites (tertiary alicyclic amines) is 1. The lowest BCUT2D eigenvalue weighted by Gasteiger charge is -2.31. The van der Waals surface area contributed by atoms with Gasteiger partial charge >= 0.3 is 12.0 Å². The second-order valence-electron chi connectivity index (χ2n) is 5.83. The molecule has 21 heavy (non-hydrogen) atoms. The van der Waals surface area contributed by atoms with Crippen LogP contribution >= 0.6 is 0 Å². The Balaban J connectivity index is 1.94. The van der Waals surface area contributed by atoms with Crippen molar-refractivity contribution in [1.29, 1.82) is 0 Å². The third-order valence-corrected chi connectivity index (χ3v) is 4.28. The van der Waals surface area contributed by atoms with E-state index in [2.05, 4.69) is 5.32 Å². The van der Waals surface area contributed by atoms with E-state index in [0.717, 1.165) is 12.0 Å². The molecule has 0 spiro atoms. The summed E-state index contributed by atoms with van der Waals surface area (Å²) in [4.78, 5) is 25.1. The van der Waals surface area contributed by atoms with E-state index in [-0.39, 0.29) is 11.9 Å². The van der Waals surface area contributed by atoms with Gasteiger partial charge in [0.15, 0.2) is 0 Å². The molecule has 0 aromatic heterocycles. The van der Waals surface area contributed by atoms with E-state index in [9.17, 15) is 14.7 Å². The molecule has 0 saturated carbocycles. The van der Waals surface area contributed by atoms with Gasteiger partial charge in [0, 0.05) is 13.1 Å². The molecule has 5 nitrogen and oxygen atoms in total. The van der Waals surface area contributed by atoms with Crippen molar-refractivity contribution in [2.45, 2.75) is 38.1 Å². The Bertz CT molecular complexity index is 518. The molecule has 0 bridgehead atoms. The number of hydrogen-bond donors (Lipinski definition) is 2. The Kier molecular flexibility index (Phi) is 4.50. The van der Waals surface area contributed by atoms with Crippen LogP contribution in [0.4, 0.5) is 4.79 Å². The zero-order valence-corrected chi connectivity index (χ0v) is 12.5. The Morgan fingerprint density at radius 1 is 1.38 bits per heavy atom. The number of benzene rings is 1. The Labute approximate surface area is 125 Å². The summed E-state index contributed by atoms with van der Waals surface area (Å²) in [5.74, 6) is -0.750. The van der Waals surface area contributed by atoms with Crippen LogP contribution in [0.5, 0.6) is 0 Å². The summed E-state index contributed by atoms with van der Waals surface area (Å²) >= 11 is 0. The topological polar surface area (TPSA) is 69.6 Å². The van der Waals surface area contributed by atoms with Crippen LogP contribution in [0.1, 0.15) is 38.2 Å². The minimum absolute atomic E-state index is 0.189. The second-order valence-corrected chi connectivity index (χ2v) is 5.83. The third kappa shape index (κ3) is 3.17. The molecule has 2 N–H and O–H groups in total. The highest BCUT2D eigenvalue weighted by molar-refractivity contribution is 5.86. The number of carboxylic acids is 1. The number of urea groups is 1. The molecule has 1 aromatic rings. The molecule has 1 aromatic carbocycles. The van der Waals surface area contributed by atoms with Crippen LogP contribution in [-0.4, -0.2) is 40.6 Å². The van der Waals surface area contributed by atoms with Gasteiger partial charge in [-0.25, -0.2) is 9.59 Å². The minimum Gasteiger partial charge on any atom is -0.480 e. The van der Waals surface area contributed by atoms with Crippen LogP contribution in [0.15, 0.2) is 30.3 Å². The molecule has 1 saturated heterocycles. The van der Waals surface area contributed by atoms with Crippen LogP contribution in [0.2, 0.25) is 0 Å². The van der Waals surface area contributed by atoms with E-state index >= 15 is 0 Å². The number of carbonyl (C=O) groups is 2. The van der Waals surface area contributed by atoms with Crippen LogP contribution in [-0.2, 0) is 4.79 Å². The SMILES string of the molecule is CC(CNC(=O)N1CCCC1(C)C(=O)O)c1ccccc1. The van der Waals surface area contributed by atoms with E-state index in [1.165, 1.54) is 4.90 Å². The zero-order valence-electron chi connectivity index (χ0n) is 12.5. The van der Waals surface area contributed by atoms with Gasteiger partial charge in [0.25, 0.3) is 0 Å². The number of carbonyl (C=O) groups excluding carboxylic acids is 1. The Hall–Kier alpha value is -2.04. The predicted octanol–water partition coefficient (Wildman–Crippen LogP) is 2.44. The van der Waals surface area contributed by atoms with Crippen molar-refractivity contribution >= 4 is 12.0 Å². The molecule has 1 heterocycles. The van der Waals surface area contributed by atoms with E-state index < -0.39 is 11.5 Å². The maximum absolute atomic E-state index is 12.3. The number of nitrogens with one attached hydrogen (secondary N) is 1. The molecular formula is C16H22N2O3. The van der Waals surface area contributed by atoms with Gasteiger partial charge < -0.3 is 15.3 Å². The summed E-state index contributed by atoms with van der Waals surface area (Å²) in [6, 6.07) is 9.64. The maximum Gasteiger partial charge on any atom is 0.329 e. The maximum atomic E-state index is 12.3. The molecule has 1 aliphatic rings. The van der Waals surface area contributed by atoms with Crippen LogP contribution in [0, 0.1) is 0 Å². The number of hydrogen-bond acceptors (Lipinski definition) is 2. The summed E-state index contributed by atoms with van der Waals surface area (Å²) in [7, 11) is 0. The molecule has 2 rings (SSSR count). The zero-order chi connectivity index (χ0) is 15.5. The predicted molar refractivity (Wildman–Crippen MR) is 80.2 cm³/mol. The van der Waals surface area contributed by atoms with Gasteiger partial charge in [-0.05, 0) is 31.2 Å². The number of rotatable bonds is 4. The smallest absolute Gasteiger partial charge is 0.329 e. The molecule has 5 heteroatoms. The van der Waals surface area contributed by atoms with Gasteiger partial charge in [-0.15, -0.1) is 0 Å². The van der Waals surface area contributed by atoms with Gasteiger partial charge in [-0.1, -0.05) is 37.3 Å². The van der Waals surface area contributed by atoms with Crippen molar-refractivity contribution in [3.8, 4) is 0 Å². The summed E-state index contributed by atoms with van der Waals surface area (Å²) in [6.45, 7) is 4.64. The van der Waals surface area contributed by atoms with E-state index in [0.29, 0.717) is 19.5 Å². The summed E-state index contributed by atoms with van der Waals surface area (Å²) in [5, 5.41) is 12.2. The molecule has 0 aliphatic carbocycles. The minimum atomic E-state index is -1.08. The fourth-order valence-electron chi connectivity index (χ4n) is 2.75. The highest BCUT2D eigenvalue weighted by Crippen LogP contribution is 2.29. The first-order valence-electron chi connectivity index (χ1n) is 7.29. The van der Waals surface area contributed by atoms with Crippen LogP contribution in [0.3, 0.4) is 0 Å². The lowest BCUT2D eigenvalue weighted by Crippen LogP contribution is -2.54. The molecular weight excluding hydrogens is 268 g/mol. The van der Waals surface area contributed by atoms with Crippen LogP contribution in [0.25, 0.3) is 0 Å². The van der Waals surface area contributed by atoms with Gasteiger partial charge in [0.1, 0.15) is 5.54 Å². The van der Waals surface area contributed by atoms with E-state index in [1.54, 1.807) is 6.92 Å². The van der Waals surface area contributed by atoms with E-state index in [1.807, 2.05) is 37.3 Å². The number of carboxylic acid groups (broad SMARTS) is 1. The van der Waals surface area contributed by atoms with Gasteiger partial charge in [-0.2, -0.15) is 0 Å². The number of nitrogens with zero attached hydrogens (tertiary/aromatic N) is 1. The molecule has 0 radical (unpaired) electrons. The van der Waals surface area contributed by atoms with Gasteiger partial charge in [0.05, 0.1) is 0 Å². The normalized spacial score (nSPS) is 22.9. The average molecular weight is 290 g/mol. The van der Waals surface area contributed by atoms with Crippen molar-refractivity contribution in [3.05, 3.63) is 35.9 Å². The fraction of sp³-hybridized carbons (Fsp3) is 0.500. The monoisotopic (exact) mass is 290 g/mol. The van der Waals surface area contributed by atoms with Gasteiger partial charge in [-0.3, -0.25) is 0 Å². The Morgan fingerprint density at radius 2 is 2.05 bits per heavy atom. The Morgan fingerprint density at radius 3 is 2.67 bits per heavy atom. The van der Waals surface area contributed by atoms with Crippen molar-refractivity contribution < 1.29 is 14.7 Å². The lowest BCUT2D eigenvalue weighted by atomic mass is 9.99. The van der Waals surface area contributed by atoms with Crippen molar-refractivity contribution in [1.82, 2.24) is 10.2 Å². The summed E-state index contributed by atoms with van der Waals surface area (Å²) in [6.07, 6.45) is 1.23. The highest BCUT2D eigenvalue weighted by Gasteiger charge is 2.45. The average Bonchev–Trinajstić information content (AvgIpc) is 2.89. The summed E-state index contributed by atoms with van der Waals surface area (Å²) < 4.78 is 0. The number of aliphatic carboxylic acids is 1. The fourth-order valence-corrected chi connectivity index (χ4v) is 2.75. The molecule has 1 fully saturated rings. The third-order valence-electron chi connectivity index (χ3n) is 4.28. The number of amides is 2. The van der Waals surface area contributed by atoms with Crippen LogP contribution < -0.4 is 5.32 Å². The first-order chi connectivity index (χ1) is 9.95. The first kappa shape index (κ1) is 15.4. The largest absolute Gasteiger partial charge is 0.480 e. The molecule has 114 valence electrons. The van der Waals surface area contributed by atoms with Crippen molar-refractivity contribution in [3.63, 3.8) is 0 Å². The summed E-state index contributed by atoms with van der Waals surface area (Å²) in [5.41, 5.74) is 0.0697. The van der Waals surface area contributed by atoms with Crippen molar-refractivity contribution in [2.75, 3.05) is 13.1 Å². The lowest BCUT2D eigenvalue weighted by molar-refractivity contribution is -0.147. The second kappa shape index (κ2) is 6.16.